The number of aliphatic hydroxyl groups is 1. The number of nitrogens with zero attached hydrogens (tertiary/aromatic N) is 1. The van der Waals surface area contributed by atoms with Crippen molar-refractivity contribution in [1.29, 1.82) is 0 Å². The summed E-state index contributed by atoms with van der Waals surface area (Å²) in [5.41, 5.74) is 1.13. The van der Waals surface area contributed by atoms with Gasteiger partial charge in [-0.1, -0.05) is 18.5 Å². The number of piperidine rings is 1. The third-order valence-corrected chi connectivity index (χ3v) is 6.84. The fraction of sp³-hybridized carbons (Fsp3) is 0.600. The van der Waals surface area contributed by atoms with Crippen LogP contribution in [0.4, 0.5) is 0 Å². The summed E-state index contributed by atoms with van der Waals surface area (Å²) in [7, 11) is -3.59. The van der Waals surface area contributed by atoms with Crippen LogP contribution in [-0.2, 0) is 16.6 Å². The van der Waals surface area contributed by atoms with E-state index >= 15 is 0 Å². The van der Waals surface area contributed by atoms with Crippen LogP contribution in [0.25, 0.3) is 0 Å². The number of hydrogen-bond acceptors (Lipinski definition) is 3. The Kier molecular flexibility index (Phi) is 4.98. The molecule has 1 aliphatic heterocycles. The van der Waals surface area contributed by atoms with E-state index in [0.29, 0.717) is 28.6 Å². The van der Waals surface area contributed by atoms with Crippen LogP contribution in [0.5, 0.6) is 0 Å². The van der Waals surface area contributed by atoms with Crippen LogP contribution in [-0.4, -0.2) is 30.4 Å². The predicted octanol–water partition coefficient (Wildman–Crippen LogP) is 2.95. The smallest absolute Gasteiger partial charge is 0.243 e. The lowest BCUT2D eigenvalue weighted by molar-refractivity contribution is 0.202. The highest BCUT2D eigenvalue weighted by Crippen LogP contribution is 2.32. The van der Waals surface area contributed by atoms with Crippen LogP contribution < -0.4 is 0 Å². The molecule has 1 fully saturated rings. The third kappa shape index (κ3) is 3.11. The van der Waals surface area contributed by atoms with Gasteiger partial charge < -0.3 is 5.11 Å². The fourth-order valence-electron chi connectivity index (χ4n) is 2.90. The number of benzene rings is 1. The highest BCUT2D eigenvalue weighted by Gasteiger charge is 2.35. The second-order valence-electron chi connectivity index (χ2n) is 5.82. The summed E-state index contributed by atoms with van der Waals surface area (Å²) in [4.78, 5) is 0.208. The zero-order valence-electron chi connectivity index (χ0n) is 12.6. The first kappa shape index (κ1) is 16.7. The summed E-state index contributed by atoms with van der Waals surface area (Å²) in [5, 5.41) is 9.70. The molecule has 2 atom stereocenters. The fourth-order valence-corrected chi connectivity index (χ4v) is 5.27. The van der Waals surface area contributed by atoms with Crippen LogP contribution in [0.15, 0.2) is 17.0 Å². The molecule has 0 aromatic heterocycles. The molecule has 0 saturated carbocycles. The van der Waals surface area contributed by atoms with Crippen LogP contribution >= 0.6 is 11.6 Å². The Hall–Kier alpha value is -0.620. The molecule has 0 amide bonds. The minimum Gasteiger partial charge on any atom is -0.392 e. The maximum Gasteiger partial charge on any atom is 0.243 e. The van der Waals surface area contributed by atoms with Gasteiger partial charge in [-0.2, -0.15) is 4.31 Å². The lowest BCUT2D eigenvalue weighted by atomic mass is 9.94. The van der Waals surface area contributed by atoms with Crippen molar-refractivity contribution < 1.29 is 13.5 Å². The lowest BCUT2D eigenvalue weighted by Gasteiger charge is -2.37. The molecule has 1 aromatic rings. The number of sulfonamides is 1. The topological polar surface area (TPSA) is 57.6 Å². The monoisotopic (exact) mass is 331 g/mol. The Morgan fingerprint density at radius 3 is 2.67 bits per heavy atom. The van der Waals surface area contributed by atoms with Gasteiger partial charge >= 0.3 is 0 Å². The van der Waals surface area contributed by atoms with Crippen molar-refractivity contribution in [3.8, 4) is 0 Å². The molecule has 2 rings (SSSR count). The van der Waals surface area contributed by atoms with Crippen molar-refractivity contribution in [2.75, 3.05) is 6.54 Å². The Morgan fingerprint density at radius 1 is 1.38 bits per heavy atom. The summed E-state index contributed by atoms with van der Waals surface area (Å²) in [6, 6.07) is 3.06. The quantitative estimate of drug-likeness (QED) is 0.926. The molecule has 1 aliphatic rings. The molecule has 21 heavy (non-hydrogen) atoms. The standard InChI is InChI=1S/C15H22ClNO3S/c1-10-5-4-6-17(12(10)3)21(19,20)15-8-14(16)7-13(9-18)11(15)2/h7-8,10,12,18H,4-6,9H2,1-3H3. The molecule has 118 valence electrons. The first-order valence-electron chi connectivity index (χ1n) is 7.20. The summed E-state index contributed by atoms with van der Waals surface area (Å²) in [6.07, 6.45) is 1.92. The number of hydrogen-bond donors (Lipinski definition) is 1. The van der Waals surface area contributed by atoms with E-state index in [9.17, 15) is 13.5 Å². The summed E-state index contributed by atoms with van der Waals surface area (Å²) in [5.74, 6) is 0.338. The Labute approximate surface area is 131 Å². The second-order valence-corrected chi connectivity index (χ2v) is 8.12. The first-order valence-corrected chi connectivity index (χ1v) is 9.02. The van der Waals surface area contributed by atoms with E-state index in [1.54, 1.807) is 17.3 Å². The van der Waals surface area contributed by atoms with Crippen molar-refractivity contribution >= 4 is 21.6 Å². The Morgan fingerprint density at radius 2 is 2.05 bits per heavy atom. The average molecular weight is 332 g/mol. The van der Waals surface area contributed by atoms with Crippen LogP contribution in [0.1, 0.15) is 37.8 Å². The zero-order valence-corrected chi connectivity index (χ0v) is 14.2. The Bertz CT molecular complexity index is 630. The van der Waals surface area contributed by atoms with Crippen LogP contribution in [0, 0.1) is 12.8 Å². The molecule has 1 saturated heterocycles. The molecule has 1 N–H and O–H groups in total. The van der Waals surface area contributed by atoms with Gasteiger partial charge in [-0.25, -0.2) is 8.42 Å². The van der Waals surface area contributed by atoms with E-state index in [2.05, 4.69) is 6.92 Å². The summed E-state index contributed by atoms with van der Waals surface area (Å²) < 4.78 is 27.5. The number of aliphatic hydroxyl groups excluding tert-OH is 1. The van der Waals surface area contributed by atoms with Crippen molar-refractivity contribution in [2.45, 2.75) is 51.2 Å². The molecule has 6 heteroatoms. The SMILES string of the molecule is Cc1c(CO)cc(Cl)cc1S(=O)(=O)N1CCCC(C)C1C. The van der Waals surface area contributed by atoms with Crippen molar-refractivity contribution in [1.82, 2.24) is 4.31 Å². The minimum absolute atomic E-state index is 0.0280. The normalized spacial score (nSPS) is 24.2. The third-order valence-electron chi connectivity index (χ3n) is 4.51. The molecule has 0 radical (unpaired) electrons. The van der Waals surface area contributed by atoms with Gasteiger partial charge in [0.2, 0.25) is 10.0 Å². The van der Waals surface area contributed by atoms with Crippen molar-refractivity contribution in [2.24, 2.45) is 5.92 Å². The van der Waals surface area contributed by atoms with Gasteiger partial charge in [-0.15, -0.1) is 0 Å². The lowest BCUT2D eigenvalue weighted by Crippen LogP contribution is -2.46. The number of rotatable bonds is 3. The van der Waals surface area contributed by atoms with Gasteiger partial charge in [0.25, 0.3) is 0 Å². The Balaban J connectivity index is 2.51. The maximum atomic E-state index is 13.0. The molecule has 0 bridgehead atoms. The van der Waals surface area contributed by atoms with E-state index in [4.69, 9.17) is 11.6 Å². The predicted molar refractivity (Wildman–Crippen MR) is 83.9 cm³/mol. The first-order chi connectivity index (χ1) is 9.78. The van der Waals surface area contributed by atoms with E-state index in [0.717, 1.165) is 12.8 Å². The molecule has 2 unspecified atom stereocenters. The minimum atomic E-state index is -3.59. The van der Waals surface area contributed by atoms with Gasteiger partial charge in [0.05, 0.1) is 11.5 Å². The maximum absolute atomic E-state index is 13.0. The number of halogens is 1. The average Bonchev–Trinajstić information content (AvgIpc) is 2.43. The molecule has 4 nitrogen and oxygen atoms in total. The largest absolute Gasteiger partial charge is 0.392 e. The van der Waals surface area contributed by atoms with Gasteiger partial charge in [0, 0.05) is 17.6 Å². The zero-order chi connectivity index (χ0) is 15.8. The molecular weight excluding hydrogens is 310 g/mol. The molecule has 1 aromatic carbocycles. The highest BCUT2D eigenvalue weighted by atomic mass is 35.5. The highest BCUT2D eigenvalue weighted by molar-refractivity contribution is 7.89. The molecule has 0 spiro atoms. The van der Waals surface area contributed by atoms with E-state index < -0.39 is 10.0 Å². The molecule has 0 aliphatic carbocycles. The van der Waals surface area contributed by atoms with Crippen LogP contribution in [0.2, 0.25) is 5.02 Å². The van der Waals surface area contributed by atoms with Gasteiger partial charge in [0.1, 0.15) is 0 Å². The van der Waals surface area contributed by atoms with Gasteiger partial charge in [-0.3, -0.25) is 0 Å². The molecule has 1 heterocycles. The van der Waals surface area contributed by atoms with Crippen LogP contribution in [0.3, 0.4) is 0 Å². The molecular formula is C15H22ClNO3S. The summed E-state index contributed by atoms with van der Waals surface area (Å²) in [6.45, 7) is 6.06. The van der Waals surface area contributed by atoms with E-state index in [-0.39, 0.29) is 17.5 Å². The van der Waals surface area contributed by atoms with Crippen molar-refractivity contribution in [3.63, 3.8) is 0 Å². The van der Waals surface area contributed by atoms with E-state index in [1.165, 1.54) is 6.07 Å². The van der Waals surface area contributed by atoms with Crippen molar-refractivity contribution in [3.05, 3.63) is 28.3 Å². The summed E-state index contributed by atoms with van der Waals surface area (Å²) >= 11 is 6.02. The van der Waals surface area contributed by atoms with Gasteiger partial charge in [-0.05, 0) is 55.9 Å². The van der Waals surface area contributed by atoms with Gasteiger partial charge in [0.15, 0.2) is 0 Å². The van der Waals surface area contributed by atoms with E-state index in [1.807, 2.05) is 6.92 Å². The second kappa shape index (κ2) is 6.24.